The molecule has 0 amide bonds. The molecule has 3 N–H and O–H groups in total. The molecular weight excluding hydrogens is 258 g/mol. The Balaban J connectivity index is 2.17. The Morgan fingerprint density at radius 1 is 1.25 bits per heavy atom. The van der Waals surface area contributed by atoms with Crippen molar-refractivity contribution in [2.45, 2.75) is 76.5 Å². The number of β-amino-alcohol motifs (C(OH)–C–C–N with tert-alkyl or cyclic N) is 2. The van der Waals surface area contributed by atoms with Gasteiger partial charge in [-0.05, 0) is 6.42 Å². The zero-order chi connectivity index (χ0) is 15.0. The van der Waals surface area contributed by atoms with Crippen LogP contribution in [0.25, 0.3) is 0 Å². The summed E-state index contributed by atoms with van der Waals surface area (Å²) in [5.41, 5.74) is 0. The second-order valence-corrected chi connectivity index (χ2v) is 5.91. The molecule has 5 heteroatoms. The topological polar surface area (TPSA) is 81.0 Å². The number of carbonyl (C=O) groups is 1. The summed E-state index contributed by atoms with van der Waals surface area (Å²) in [5.74, 6) is -0.909. The number of likely N-dealkylation sites (tertiary alicyclic amines) is 1. The number of nitrogens with zero attached hydrogens (tertiary/aromatic N) is 1. The van der Waals surface area contributed by atoms with Gasteiger partial charge in [0.05, 0.1) is 12.2 Å². The molecule has 0 aromatic carbocycles. The predicted molar refractivity (Wildman–Crippen MR) is 77.6 cm³/mol. The Hall–Kier alpha value is -0.650. The van der Waals surface area contributed by atoms with Crippen molar-refractivity contribution in [2.24, 2.45) is 0 Å². The van der Waals surface area contributed by atoms with E-state index in [1.54, 1.807) is 4.90 Å². The average molecular weight is 287 g/mol. The summed E-state index contributed by atoms with van der Waals surface area (Å²) in [5, 5.41) is 28.6. The first kappa shape index (κ1) is 17.4. The van der Waals surface area contributed by atoms with Crippen molar-refractivity contribution in [1.82, 2.24) is 4.90 Å². The van der Waals surface area contributed by atoms with Crippen molar-refractivity contribution in [3.05, 3.63) is 0 Å². The molecule has 0 saturated carbocycles. The summed E-state index contributed by atoms with van der Waals surface area (Å²) < 4.78 is 0. The Labute approximate surface area is 121 Å². The van der Waals surface area contributed by atoms with Gasteiger partial charge in [0.15, 0.2) is 0 Å². The normalized spacial score (nSPS) is 24.9. The maximum atomic E-state index is 11.1. The molecule has 0 aliphatic carbocycles. The Morgan fingerprint density at radius 2 is 1.90 bits per heavy atom. The summed E-state index contributed by atoms with van der Waals surface area (Å²) >= 11 is 0. The highest BCUT2D eigenvalue weighted by Crippen LogP contribution is 2.19. The molecule has 20 heavy (non-hydrogen) atoms. The highest BCUT2D eigenvalue weighted by atomic mass is 16.4. The number of unbranched alkanes of at least 4 members (excludes halogenated alkanes) is 5. The van der Waals surface area contributed by atoms with Crippen LogP contribution in [0, 0.1) is 0 Å². The number of hydrogen-bond acceptors (Lipinski definition) is 4. The van der Waals surface area contributed by atoms with Gasteiger partial charge < -0.3 is 15.3 Å². The molecule has 0 bridgehead atoms. The lowest BCUT2D eigenvalue weighted by molar-refractivity contribution is -0.142. The van der Waals surface area contributed by atoms with E-state index in [1.807, 2.05) is 0 Å². The van der Waals surface area contributed by atoms with E-state index in [-0.39, 0.29) is 6.42 Å². The molecule has 0 aromatic rings. The number of carboxylic acid groups (broad SMARTS) is 1. The van der Waals surface area contributed by atoms with Gasteiger partial charge in [-0.25, -0.2) is 0 Å². The smallest absolute Gasteiger partial charge is 0.321 e. The van der Waals surface area contributed by atoms with Crippen LogP contribution in [0.2, 0.25) is 0 Å². The number of carboxylic acids is 1. The minimum absolute atomic E-state index is 0.263. The molecule has 5 nitrogen and oxygen atoms in total. The molecule has 0 radical (unpaired) electrons. The number of rotatable bonds is 10. The van der Waals surface area contributed by atoms with E-state index in [2.05, 4.69) is 6.92 Å². The minimum Gasteiger partial charge on any atom is -0.480 e. The Morgan fingerprint density at radius 3 is 2.55 bits per heavy atom. The number of hydrogen-bond donors (Lipinski definition) is 3. The fraction of sp³-hybridized carbons (Fsp3) is 0.933. The van der Waals surface area contributed by atoms with Gasteiger partial charge in [0.2, 0.25) is 0 Å². The summed E-state index contributed by atoms with van der Waals surface area (Å²) in [6, 6.07) is -0.649. The van der Waals surface area contributed by atoms with Crippen LogP contribution < -0.4 is 0 Å². The largest absolute Gasteiger partial charge is 0.480 e. The second kappa shape index (κ2) is 9.32. The van der Waals surface area contributed by atoms with Crippen molar-refractivity contribution in [3.8, 4) is 0 Å². The van der Waals surface area contributed by atoms with Crippen LogP contribution in [0.1, 0.15) is 58.3 Å². The third-order valence-corrected chi connectivity index (χ3v) is 4.00. The van der Waals surface area contributed by atoms with Crippen molar-refractivity contribution in [3.63, 3.8) is 0 Å². The molecule has 1 saturated heterocycles. The lowest BCUT2D eigenvalue weighted by Crippen LogP contribution is -2.40. The molecular formula is C15H29NO4. The van der Waals surface area contributed by atoms with E-state index in [1.165, 1.54) is 25.7 Å². The minimum atomic E-state index is -0.909. The molecule has 1 heterocycles. The van der Waals surface area contributed by atoms with Gasteiger partial charge in [-0.2, -0.15) is 0 Å². The van der Waals surface area contributed by atoms with E-state index in [0.717, 1.165) is 12.8 Å². The van der Waals surface area contributed by atoms with Crippen molar-refractivity contribution >= 4 is 5.97 Å². The van der Waals surface area contributed by atoms with Gasteiger partial charge in [0.1, 0.15) is 6.04 Å². The van der Waals surface area contributed by atoms with E-state index in [9.17, 15) is 15.0 Å². The summed E-state index contributed by atoms with van der Waals surface area (Å²) in [6.45, 7) is 2.89. The van der Waals surface area contributed by atoms with E-state index >= 15 is 0 Å². The van der Waals surface area contributed by atoms with Crippen LogP contribution in [-0.4, -0.2) is 57.5 Å². The van der Waals surface area contributed by atoms with Crippen LogP contribution in [0.15, 0.2) is 0 Å². The maximum absolute atomic E-state index is 11.1. The Bertz CT molecular complexity index is 285. The molecule has 1 aliphatic heterocycles. The van der Waals surface area contributed by atoms with E-state index in [4.69, 9.17) is 5.11 Å². The van der Waals surface area contributed by atoms with Gasteiger partial charge >= 0.3 is 5.97 Å². The van der Waals surface area contributed by atoms with Gasteiger partial charge in [-0.3, -0.25) is 9.69 Å². The van der Waals surface area contributed by atoms with Crippen LogP contribution in [0.3, 0.4) is 0 Å². The first-order chi connectivity index (χ1) is 9.54. The van der Waals surface area contributed by atoms with Crippen LogP contribution in [0.5, 0.6) is 0 Å². The van der Waals surface area contributed by atoms with Crippen molar-refractivity contribution in [2.75, 3.05) is 13.1 Å². The van der Waals surface area contributed by atoms with Crippen molar-refractivity contribution < 1.29 is 20.1 Å². The van der Waals surface area contributed by atoms with Gasteiger partial charge in [-0.1, -0.05) is 45.4 Å². The highest BCUT2D eigenvalue weighted by molar-refractivity contribution is 5.74. The molecule has 0 aromatic heterocycles. The van der Waals surface area contributed by atoms with Gasteiger partial charge in [0.25, 0.3) is 0 Å². The summed E-state index contributed by atoms with van der Waals surface area (Å²) in [4.78, 5) is 12.8. The zero-order valence-corrected chi connectivity index (χ0v) is 12.5. The number of aliphatic hydroxyl groups excluding tert-OH is 2. The number of aliphatic carboxylic acids is 1. The predicted octanol–water partition coefficient (Wildman–Crippen LogP) is 1.62. The standard InChI is InChI=1S/C15H29NO4/c1-2-3-4-5-6-7-8-12(17)10-16-11-13(18)9-14(16)15(19)20/h12-14,17-18H,2-11H2,1H3,(H,19,20)/t12?,13-,14+/m1/s1. The molecule has 118 valence electrons. The van der Waals surface area contributed by atoms with Crippen LogP contribution >= 0.6 is 0 Å². The molecule has 1 unspecified atom stereocenters. The SMILES string of the molecule is CCCCCCCCC(O)CN1C[C@H](O)C[C@H]1C(=O)O. The average Bonchev–Trinajstić information content (AvgIpc) is 2.74. The molecule has 1 rings (SSSR count). The summed E-state index contributed by atoms with van der Waals surface area (Å²) in [6.07, 6.45) is 6.98. The highest BCUT2D eigenvalue weighted by Gasteiger charge is 2.36. The molecule has 0 spiro atoms. The lowest BCUT2D eigenvalue weighted by Gasteiger charge is -2.23. The lowest BCUT2D eigenvalue weighted by atomic mass is 10.1. The maximum Gasteiger partial charge on any atom is 0.321 e. The van der Waals surface area contributed by atoms with Crippen LogP contribution in [0.4, 0.5) is 0 Å². The third kappa shape index (κ3) is 6.20. The monoisotopic (exact) mass is 287 g/mol. The Kier molecular flexibility index (Phi) is 8.11. The van der Waals surface area contributed by atoms with Crippen LogP contribution in [-0.2, 0) is 4.79 Å². The number of aliphatic hydroxyl groups is 2. The fourth-order valence-electron chi connectivity index (χ4n) is 2.86. The van der Waals surface area contributed by atoms with Crippen molar-refractivity contribution in [1.29, 1.82) is 0 Å². The van der Waals surface area contributed by atoms with E-state index < -0.39 is 24.2 Å². The summed E-state index contributed by atoms with van der Waals surface area (Å²) in [7, 11) is 0. The fourth-order valence-corrected chi connectivity index (χ4v) is 2.86. The van der Waals surface area contributed by atoms with Gasteiger partial charge in [0, 0.05) is 19.5 Å². The third-order valence-electron chi connectivity index (χ3n) is 4.00. The van der Waals surface area contributed by atoms with Gasteiger partial charge in [-0.15, -0.1) is 0 Å². The second-order valence-electron chi connectivity index (χ2n) is 5.91. The first-order valence-corrected chi connectivity index (χ1v) is 7.87. The van der Waals surface area contributed by atoms with E-state index in [0.29, 0.717) is 19.5 Å². The first-order valence-electron chi connectivity index (χ1n) is 7.87. The molecule has 3 atom stereocenters. The molecule has 1 fully saturated rings. The molecule has 1 aliphatic rings. The quantitative estimate of drug-likeness (QED) is 0.532. The zero-order valence-electron chi connectivity index (χ0n) is 12.5.